The van der Waals surface area contributed by atoms with Crippen LogP contribution < -0.4 is 10.1 Å². The van der Waals surface area contributed by atoms with Gasteiger partial charge >= 0.3 is 0 Å². The standard InChI is InChI=1S/C16H12N4O4/c1-8-14(21)18-11-6-2-4-9(12(11)23-8)16-19-13(20-24-16)10-5-3-7-17-15(10)22/h2-8,10H,1H3,(H,18,21). The molecule has 1 aromatic carbocycles. The summed E-state index contributed by atoms with van der Waals surface area (Å²) in [6.07, 6.45) is 4.11. The Bertz CT molecular complexity index is 899. The van der Waals surface area contributed by atoms with E-state index in [1.165, 1.54) is 6.21 Å². The van der Waals surface area contributed by atoms with E-state index in [2.05, 4.69) is 20.4 Å². The van der Waals surface area contributed by atoms with Crippen LogP contribution in [0.3, 0.4) is 0 Å². The van der Waals surface area contributed by atoms with Crippen molar-refractivity contribution < 1.29 is 18.8 Å². The molecule has 0 radical (unpaired) electrons. The molecule has 2 unspecified atom stereocenters. The Morgan fingerprint density at radius 1 is 1.25 bits per heavy atom. The minimum Gasteiger partial charge on any atom is -0.478 e. The van der Waals surface area contributed by atoms with Crippen molar-refractivity contribution in [2.24, 2.45) is 4.99 Å². The first-order valence-corrected chi connectivity index (χ1v) is 7.32. The second-order valence-corrected chi connectivity index (χ2v) is 5.37. The van der Waals surface area contributed by atoms with E-state index in [1.807, 2.05) is 0 Å². The zero-order valence-corrected chi connectivity index (χ0v) is 12.6. The fraction of sp³-hybridized carbons (Fsp3) is 0.188. The molecule has 8 heteroatoms. The van der Waals surface area contributed by atoms with Crippen LogP contribution in [0.5, 0.6) is 5.75 Å². The summed E-state index contributed by atoms with van der Waals surface area (Å²) in [5.74, 6) is -0.330. The van der Waals surface area contributed by atoms with Crippen molar-refractivity contribution in [2.45, 2.75) is 18.9 Å². The number of para-hydroxylation sites is 1. The maximum atomic E-state index is 11.8. The number of ether oxygens (including phenoxy) is 1. The summed E-state index contributed by atoms with van der Waals surface area (Å²) in [6, 6.07) is 5.21. The van der Waals surface area contributed by atoms with E-state index in [4.69, 9.17) is 9.26 Å². The Hall–Kier alpha value is -3.29. The van der Waals surface area contributed by atoms with Gasteiger partial charge in [0.2, 0.25) is 0 Å². The van der Waals surface area contributed by atoms with Crippen molar-refractivity contribution >= 4 is 23.7 Å². The Kier molecular flexibility index (Phi) is 3.23. The normalized spacial score (nSPS) is 22.0. The van der Waals surface area contributed by atoms with Crippen LogP contribution in [0.25, 0.3) is 11.5 Å². The third-order valence-electron chi connectivity index (χ3n) is 3.74. The summed E-state index contributed by atoms with van der Waals surface area (Å²) in [6.45, 7) is 1.65. The fourth-order valence-electron chi connectivity index (χ4n) is 2.50. The molecule has 8 nitrogen and oxygen atoms in total. The number of allylic oxidation sites excluding steroid dienone is 1. The molecule has 0 spiro atoms. The lowest BCUT2D eigenvalue weighted by molar-refractivity contribution is -0.122. The van der Waals surface area contributed by atoms with Crippen molar-refractivity contribution in [1.82, 2.24) is 10.1 Å². The molecule has 3 heterocycles. The smallest absolute Gasteiger partial charge is 0.265 e. The third kappa shape index (κ3) is 2.28. The van der Waals surface area contributed by atoms with Crippen LogP contribution in [-0.4, -0.2) is 34.3 Å². The number of fused-ring (bicyclic) bond motifs is 1. The zero-order chi connectivity index (χ0) is 16.7. The topological polar surface area (TPSA) is 107 Å². The van der Waals surface area contributed by atoms with Gasteiger partial charge in [0.25, 0.3) is 17.7 Å². The number of aliphatic imine (C=N–C) groups is 1. The molecule has 1 N–H and O–H groups in total. The monoisotopic (exact) mass is 324 g/mol. The van der Waals surface area contributed by atoms with Gasteiger partial charge in [0, 0.05) is 6.21 Å². The van der Waals surface area contributed by atoms with Crippen LogP contribution >= 0.6 is 0 Å². The number of nitrogens with one attached hydrogen (secondary N) is 1. The van der Waals surface area contributed by atoms with Crippen LogP contribution in [0, 0.1) is 0 Å². The number of nitrogens with zero attached hydrogens (tertiary/aromatic N) is 3. The molecular weight excluding hydrogens is 312 g/mol. The minimum atomic E-state index is -0.661. The highest BCUT2D eigenvalue weighted by molar-refractivity contribution is 5.99. The van der Waals surface area contributed by atoms with E-state index in [1.54, 1.807) is 37.3 Å². The maximum Gasteiger partial charge on any atom is 0.265 e. The first kappa shape index (κ1) is 14.3. The number of benzene rings is 1. The highest BCUT2D eigenvalue weighted by Gasteiger charge is 2.29. The minimum absolute atomic E-state index is 0.209. The van der Waals surface area contributed by atoms with Gasteiger partial charge in [-0.3, -0.25) is 9.59 Å². The van der Waals surface area contributed by atoms with E-state index < -0.39 is 12.0 Å². The maximum absolute atomic E-state index is 11.8. The highest BCUT2D eigenvalue weighted by atomic mass is 16.5. The zero-order valence-electron chi connectivity index (χ0n) is 12.6. The van der Waals surface area contributed by atoms with E-state index in [-0.39, 0.29) is 23.5 Å². The molecule has 0 bridgehead atoms. The quantitative estimate of drug-likeness (QED) is 0.901. The van der Waals surface area contributed by atoms with Gasteiger partial charge in [-0.15, -0.1) is 0 Å². The van der Waals surface area contributed by atoms with Crippen molar-refractivity contribution in [3.05, 3.63) is 36.2 Å². The average Bonchev–Trinajstić information content (AvgIpc) is 3.05. The van der Waals surface area contributed by atoms with Crippen molar-refractivity contribution in [2.75, 3.05) is 5.32 Å². The molecule has 2 atom stereocenters. The molecule has 0 saturated carbocycles. The fourth-order valence-corrected chi connectivity index (χ4v) is 2.50. The van der Waals surface area contributed by atoms with Crippen LogP contribution in [0.2, 0.25) is 0 Å². The van der Waals surface area contributed by atoms with Crippen molar-refractivity contribution in [1.29, 1.82) is 0 Å². The van der Waals surface area contributed by atoms with E-state index in [0.29, 0.717) is 17.0 Å². The van der Waals surface area contributed by atoms with Gasteiger partial charge in [-0.25, -0.2) is 4.99 Å². The Morgan fingerprint density at radius 3 is 2.96 bits per heavy atom. The van der Waals surface area contributed by atoms with E-state index in [9.17, 15) is 9.59 Å². The molecule has 2 aromatic rings. The number of carbonyl (C=O) groups excluding carboxylic acids is 2. The average molecular weight is 324 g/mol. The van der Waals surface area contributed by atoms with Gasteiger partial charge in [-0.1, -0.05) is 17.3 Å². The van der Waals surface area contributed by atoms with Gasteiger partial charge in [0.15, 0.2) is 17.7 Å². The van der Waals surface area contributed by atoms with E-state index >= 15 is 0 Å². The van der Waals surface area contributed by atoms with Crippen LogP contribution in [0.4, 0.5) is 5.69 Å². The van der Waals surface area contributed by atoms with Gasteiger partial charge in [-0.05, 0) is 25.1 Å². The molecule has 0 aliphatic carbocycles. The number of aromatic nitrogens is 2. The largest absolute Gasteiger partial charge is 0.478 e. The first-order chi connectivity index (χ1) is 11.6. The number of hydrogen-bond acceptors (Lipinski definition) is 6. The molecule has 4 rings (SSSR count). The van der Waals surface area contributed by atoms with Gasteiger partial charge in [0.05, 0.1) is 11.3 Å². The van der Waals surface area contributed by atoms with Gasteiger partial charge in [-0.2, -0.15) is 4.98 Å². The summed E-state index contributed by atoms with van der Waals surface area (Å²) < 4.78 is 10.9. The molecule has 0 fully saturated rings. The highest BCUT2D eigenvalue weighted by Crippen LogP contribution is 2.39. The second kappa shape index (κ2) is 5.41. The molecule has 1 aromatic heterocycles. The molecule has 0 saturated heterocycles. The van der Waals surface area contributed by atoms with Gasteiger partial charge in [0.1, 0.15) is 5.92 Å². The number of hydrogen-bond donors (Lipinski definition) is 1. The van der Waals surface area contributed by atoms with Crippen LogP contribution in [0.15, 0.2) is 39.9 Å². The lowest BCUT2D eigenvalue weighted by atomic mass is 10.1. The second-order valence-electron chi connectivity index (χ2n) is 5.37. The van der Waals surface area contributed by atoms with E-state index in [0.717, 1.165) is 0 Å². The summed E-state index contributed by atoms with van der Waals surface area (Å²) in [5.41, 5.74) is 1.09. The summed E-state index contributed by atoms with van der Waals surface area (Å²) >= 11 is 0. The van der Waals surface area contributed by atoms with Gasteiger partial charge < -0.3 is 14.6 Å². The number of rotatable bonds is 2. The molecule has 2 aliphatic heterocycles. The summed E-state index contributed by atoms with van der Waals surface area (Å²) in [7, 11) is 0. The number of carbonyl (C=O) groups is 2. The Balaban J connectivity index is 1.72. The molecule has 24 heavy (non-hydrogen) atoms. The summed E-state index contributed by atoms with van der Waals surface area (Å²) in [4.78, 5) is 31.5. The molecular formula is C16H12N4O4. The molecule has 2 amide bonds. The Morgan fingerprint density at radius 2 is 2.12 bits per heavy atom. The number of amides is 2. The predicted octanol–water partition coefficient (Wildman–Crippen LogP) is 1.71. The SMILES string of the molecule is CC1Oc2c(cccc2-c2nc(C3C=CC=NC3=O)no2)NC1=O. The molecule has 2 aliphatic rings. The number of dihydropyridines is 1. The van der Waals surface area contributed by atoms with Crippen LogP contribution in [0.1, 0.15) is 18.7 Å². The first-order valence-electron chi connectivity index (χ1n) is 7.32. The van der Waals surface area contributed by atoms with Crippen molar-refractivity contribution in [3.8, 4) is 17.2 Å². The number of anilines is 1. The predicted molar refractivity (Wildman–Crippen MR) is 83.8 cm³/mol. The lowest BCUT2D eigenvalue weighted by Gasteiger charge is -2.24. The van der Waals surface area contributed by atoms with Crippen molar-refractivity contribution in [3.63, 3.8) is 0 Å². The summed E-state index contributed by atoms with van der Waals surface area (Å²) in [5, 5.41) is 6.63. The Labute approximate surface area is 136 Å². The lowest BCUT2D eigenvalue weighted by Crippen LogP contribution is -2.34. The molecule has 120 valence electrons. The van der Waals surface area contributed by atoms with Crippen LogP contribution in [-0.2, 0) is 9.59 Å². The third-order valence-corrected chi connectivity index (χ3v) is 3.74.